The number of hydrogen-bond donors (Lipinski definition) is 0. The van der Waals surface area contributed by atoms with Crippen molar-refractivity contribution in [3.8, 4) is 10.8 Å². The van der Waals surface area contributed by atoms with Gasteiger partial charge in [0.1, 0.15) is 15.8 Å². The minimum atomic E-state index is -3.69. The molecular weight excluding hydrogens is 376 g/mol. The summed E-state index contributed by atoms with van der Waals surface area (Å²) < 4.78 is 35.0. The summed E-state index contributed by atoms with van der Waals surface area (Å²) in [5.74, 6) is 0.692. The highest BCUT2D eigenvalue weighted by Gasteiger charge is 2.40. The molecule has 0 aromatic carbocycles. The number of nitrogens with zero attached hydrogens (tertiary/aromatic N) is 6. The van der Waals surface area contributed by atoms with Crippen LogP contribution in [-0.4, -0.2) is 44.2 Å². The quantitative estimate of drug-likeness (QED) is 0.666. The van der Waals surface area contributed by atoms with Crippen molar-refractivity contribution in [2.24, 2.45) is 7.05 Å². The highest BCUT2D eigenvalue weighted by Crippen LogP contribution is 2.38. The van der Waals surface area contributed by atoms with Gasteiger partial charge in [-0.2, -0.15) is 9.40 Å². The molecule has 0 bridgehead atoms. The Morgan fingerprint density at radius 1 is 1.31 bits per heavy atom. The third-order valence-electron chi connectivity index (χ3n) is 4.65. The van der Waals surface area contributed by atoms with E-state index in [0.717, 1.165) is 17.0 Å². The van der Waals surface area contributed by atoms with Crippen molar-refractivity contribution in [1.82, 2.24) is 29.3 Å². The molecule has 4 rings (SSSR count). The van der Waals surface area contributed by atoms with Crippen molar-refractivity contribution in [3.63, 3.8) is 0 Å². The smallest absolute Gasteiger partial charge is 0.259 e. The van der Waals surface area contributed by atoms with E-state index in [2.05, 4.69) is 20.3 Å². The zero-order valence-electron chi connectivity index (χ0n) is 14.6. The van der Waals surface area contributed by atoms with Gasteiger partial charge in [-0.05, 0) is 26.7 Å². The monoisotopic (exact) mass is 394 g/mol. The van der Waals surface area contributed by atoms with Crippen molar-refractivity contribution in [3.05, 3.63) is 29.0 Å². The van der Waals surface area contributed by atoms with Crippen LogP contribution in [0.5, 0.6) is 0 Å². The second-order valence-corrected chi connectivity index (χ2v) is 8.92. The maximum absolute atomic E-state index is 13.1. The summed E-state index contributed by atoms with van der Waals surface area (Å²) in [6, 6.07) is -0.464. The Morgan fingerprint density at radius 2 is 2.12 bits per heavy atom. The van der Waals surface area contributed by atoms with E-state index < -0.39 is 16.1 Å². The molecule has 0 unspecified atom stereocenters. The highest BCUT2D eigenvalue weighted by molar-refractivity contribution is 7.89. The van der Waals surface area contributed by atoms with Gasteiger partial charge in [-0.25, -0.2) is 13.4 Å². The Labute approximate surface area is 154 Å². The van der Waals surface area contributed by atoms with Gasteiger partial charge in [0.2, 0.25) is 15.9 Å². The number of aryl methyl sites for hydroxylation is 2. The molecule has 0 amide bonds. The van der Waals surface area contributed by atoms with Crippen LogP contribution in [0.4, 0.5) is 0 Å². The molecule has 4 heterocycles. The number of hydrogen-bond acceptors (Lipinski definition) is 8. The van der Waals surface area contributed by atoms with Gasteiger partial charge in [-0.3, -0.25) is 4.68 Å². The molecule has 3 aromatic heterocycles. The fourth-order valence-electron chi connectivity index (χ4n) is 3.10. The number of rotatable bonds is 4. The second-order valence-electron chi connectivity index (χ2n) is 6.20. The topological polar surface area (TPSA) is 107 Å². The molecule has 1 saturated heterocycles. The highest BCUT2D eigenvalue weighted by atomic mass is 32.2. The molecule has 9 nitrogen and oxygen atoms in total. The predicted molar refractivity (Wildman–Crippen MR) is 94.0 cm³/mol. The van der Waals surface area contributed by atoms with Crippen LogP contribution in [0.1, 0.15) is 36.2 Å². The average molecular weight is 394 g/mol. The number of thiazole rings is 1. The maximum atomic E-state index is 13.1. The molecule has 138 valence electrons. The van der Waals surface area contributed by atoms with Gasteiger partial charge in [0.05, 0.1) is 23.1 Å². The van der Waals surface area contributed by atoms with E-state index in [9.17, 15) is 8.42 Å². The van der Waals surface area contributed by atoms with Crippen molar-refractivity contribution in [2.75, 3.05) is 6.54 Å². The predicted octanol–water partition coefficient (Wildman–Crippen LogP) is 2.07. The summed E-state index contributed by atoms with van der Waals surface area (Å²) in [5.41, 5.74) is 3.13. The summed E-state index contributed by atoms with van der Waals surface area (Å²) in [6.07, 6.45) is 2.77. The lowest BCUT2D eigenvalue weighted by molar-refractivity contribution is 0.332. The third-order valence-corrected chi connectivity index (χ3v) is 7.57. The van der Waals surface area contributed by atoms with Crippen LogP contribution in [0.2, 0.25) is 0 Å². The van der Waals surface area contributed by atoms with Crippen LogP contribution >= 0.6 is 11.3 Å². The van der Waals surface area contributed by atoms with Crippen molar-refractivity contribution in [2.45, 2.75) is 37.6 Å². The Hall–Kier alpha value is -2.11. The standard InChI is InChI=1S/C15H18N6O3S2/c1-9-13(25-8-16-9)15-19-18-14(24-15)11-5-4-6-21(11)26(22,23)12-7-17-20(3)10(12)2/h7-8,11H,4-6H2,1-3H3/t11-/m0/s1. The first kappa shape index (κ1) is 17.3. The molecule has 1 atom stereocenters. The number of aromatic nitrogens is 5. The van der Waals surface area contributed by atoms with Gasteiger partial charge in [0.15, 0.2) is 0 Å². The van der Waals surface area contributed by atoms with Gasteiger partial charge < -0.3 is 4.42 Å². The summed E-state index contributed by atoms with van der Waals surface area (Å²) in [6.45, 7) is 4.02. The van der Waals surface area contributed by atoms with E-state index in [1.54, 1.807) is 24.2 Å². The molecule has 1 aliphatic heterocycles. The molecule has 1 aliphatic rings. The minimum absolute atomic E-state index is 0.213. The Balaban J connectivity index is 1.68. The molecular formula is C15H18N6O3S2. The van der Waals surface area contributed by atoms with Crippen LogP contribution in [0.3, 0.4) is 0 Å². The van der Waals surface area contributed by atoms with E-state index in [-0.39, 0.29) is 4.90 Å². The van der Waals surface area contributed by atoms with Gasteiger partial charge in [0.25, 0.3) is 5.89 Å². The Kier molecular flexibility index (Phi) is 4.16. The first-order valence-corrected chi connectivity index (χ1v) is 10.5. The zero-order chi connectivity index (χ0) is 18.5. The van der Waals surface area contributed by atoms with Crippen LogP contribution < -0.4 is 0 Å². The fourth-order valence-corrected chi connectivity index (χ4v) is 5.66. The zero-order valence-corrected chi connectivity index (χ0v) is 16.2. The lowest BCUT2D eigenvalue weighted by Crippen LogP contribution is -2.31. The van der Waals surface area contributed by atoms with Gasteiger partial charge >= 0.3 is 0 Å². The van der Waals surface area contributed by atoms with Crippen LogP contribution in [-0.2, 0) is 17.1 Å². The average Bonchev–Trinajstić information content (AvgIpc) is 3.35. The van der Waals surface area contributed by atoms with Crippen LogP contribution in [0.25, 0.3) is 10.8 Å². The fraction of sp³-hybridized carbons (Fsp3) is 0.467. The van der Waals surface area contributed by atoms with E-state index in [1.807, 2.05) is 6.92 Å². The van der Waals surface area contributed by atoms with Crippen molar-refractivity contribution >= 4 is 21.4 Å². The first-order valence-electron chi connectivity index (χ1n) is 8.14. The summed E-state index contributed by atoms with van der Waals surface area (Å²) in [7, 11) is -1.97. The molecule has 0 radical (unpaired) electrons. The Bertz CT molecular complexity index is 1050. The minimum Gasteiger partial charge on any atom is -0.418 e. The summed E-state index contributed by atoms with van der Waals surface area (Å²) in [5, 5.41) is 12.3. The second kappa shape index (κ2) is 6.25. The molecule has 26 heavy (non-hydrogen) atoms. The Morgan fingerprint density at radius 3 is 2.77 bits per heavy atom. The molecule has 0 aliphatic carbocycles. The largest absolute Gasteiger partial charge is 0.418 e. The SMILES string of the molecule is Cc1ncsc1-c1nnc([C@@H]2CCCN2S(=O)(=O)c2cnn(C)c2C)o1. The normalized spacial score (nSPS) is 18.7. The van der Waals surface area contributed by atoms with E-state index in [1.165, 1.54) is 21.8 Å². The van der Waals surface area contributed by atoms with Crippen LogP contribution in [0, 0.1) is 13.8 Å². The molecule has 11 heteroatoms. The lowest BCUT2D eigenvalue weighted by atomic mass is 10.2. The van der Waals surface area contributed by atoms with E-state index >= 15 is 0 Å². The number of sulfonamides is 1. The van der Waals surface area contributed by atoms with Gasteiger partial charge in [-0.1, -0.05) is 0 Å². The lowest BCUT2D eigenvalue weighted by Gasteiger charge is -2.21. The maximum Gasteiger partial charge on any atom is 0.259 e. The van der Waals surface area contributed by atoms with Crippen molar-refractivity contribution in [1.29, 1.82) is 0 Å². The van der Waals surface area contributed by atoms with Gasteiger partial charge in [-0.15, -0.1) is 21.5 Å². The third kappa shape index (κ3) is 2.66. The summed E-state index contributed by atoms with van der Waals surface area (Å²) in [4.78, 5) is 5.20. The molecule has 3 aromatic rings. The molecule has 1 fully saturated rings. The first-order chi connectivity index (χ1) is 12.4. The molecule has 0 saturated carbocycles. The van der Waals surface area contributed by atoms with Gasteiger partial charge in [0, 0.05) is 13.6 Å². The van der Waals surface area contributed by atoms with Crippen LogP contribution in [0.15, 0.2) is 21.0 Å². The van der Waals surface area contributed by atoms with Crippen molar-refractivity contribution < 1.29 is 12.8 Å². The molecule has 0 N–H and O–H groups in total. The molecule has 0 spiro atoms. The summed E-state index contributed by atoms with van der Waals surface area (Å²) >= 11 is 1.42. The van der Waals surface area contributed by atoms with E-state index in [0.29, 0.717) is 30.4 Å². The van der Waals surface area contributed by atoms with E-state index in [4.69, 9.17) is 4.42 Å².